The maximum Gasteiger partial charge on any atom is 0.144 e. The lowest BCUT2D eigenvalue weighted by atomic mass is 10.0. The van der Waals surface area contributed by atoms with Crippen LogP contribution in [0.4, 0.5) is 17.1 Å². The van der Waals surface area contributed by atoms with Gasteiger partial charge in [0.05, 0.1) is 10.4 Å². The largest absolute Gasteiger partial charge is 0.456 e. The van der Waals surface area contributed by atoms with Crippen LogP contribution in [0, 0.1) is 0 Å². The molecule has 0 spiro atoms. The first-order chi connectivity index (χ1) is 21.8. The summed E-state index contributed by atoms with van der Waals surface area (Å²) in [5.41, 5.74) is 6.93. The second-order valence-corrected chi connectivity index (χ2v) is 12.4. The molecule has 10 aromatic rings. The second-order valence-electron chi connectivity index (χ2n) is 11.3. The Morgan fingerprint density at radius 2 is 1.09 bits per heavy atom. The Balaban J connectivity index is 1.36. The van der Waals surface area contributed by atoms with Crippen LogP contribution in [0.15, 0.2) is 148 Å². The van der Waals surface area contributed by atoms with Gasteiger partial charge < -0.3 is 13.7 Å². The number of nitrogens with zero attached hydrogens (tertiary/aromatic N) is 1. The Bertz CT molecular complexity index is 2750. The molecule has 206 valence electrons. The van der Waals surface area contributed by atoms with E-state index in [0.717, 1.165) is 66.3 Å². The van der Waals surface area contributed by atoms with Crippen molar-refractivity contribution >= 4 is 103 Å². The van der Waals surface area contributed by atoms with Crippen LogP contribution in [0.3, 0.4) is 0 Å². The van der Waals surface area contributed by atoms with E-state index in [1.54, 1.807) is 0 Å². The molecule has 3 heterocycles. The average molecular weight is 582 g/mol. The van der Waals surface area contributed by atoms with Crippen LogP contribution in [-0.4, -0.2) is 0 Å². The van der Waals surface area contributed by atoms with Crippen molar-refractivity contribution < 1.29 is 8.83 Å². The summed E-state index contributed by atoms with van der Waals surface area (Å²) >= 11 is 1.82. The fraction of sp³-hybridized carbons (Fsp3) is 0. The van der Waals surface area contributed by atoms with Gasteiger partial charge in [-0.15, -0.1) is 11.3 Å². The van der Waals surface area contributed by atoms with E-state index in [2.05, 4.69) is 126 Å². The van der Waals surface area contributed by atoms with Crippen LogP contribution in [0.5, 0.6) is 0 Å². The fourth-order valence-corrected chi connectivity index (χ4v) is 8.02. The van der Waals surface area contributed by atoms with E-state index in [4.69, 9.17) is 8.83 Å². The molecule has 0 fully saturated rings. The molecule has 0 amide bonds. The standard InChI is InChI=1S/C40H23NO2S/c1-2-10-25-21-26(18-17-24(25)9-1)41(27-19-20-36-31(22-27)28-11-3-6-14-34(28)42-36)33-23-32-29-12-4-7-15-35(29)43-39(32)38-30-13-5-8-16-37(30)44-40(33)38/h1-23H. The zero-order chi connectivity index (χ0) is 28.8. The Labute approximate surface area is 255 Å². The van der Waals surface area contributed by atoms with Crippen molar-refractivity contribution in [2.45, 2.75) is 0 Å². The van der Waals surface area contributed by atoms with Gasteiger partial charge in [-0.05, 0) is 65.4 Å². The molecular weight excluding hydrogens is 559 g/mol. The van der Waals surface area contributed by atoms with Crippen molar-refractivity contribution in [2.24, 2.45) is 0 Å². The molecule has 0 N–H and O–H groups in total. The molecule has 0 unspecified atom stereocenters. The summed E-state index contributed by atoms with van der Waals surface area (Å²) in [7, 11) is 0. The molecule has 7 aromatic carbocycles. The first-order valence-electron chi connectivity index (χ1n) is 14.8. The molecule has 3 nitrogen and oxygen atoms in total. The highest BCUT2D eigenvalue weighted by molar-refractivity contribution is 7.26. The van der Waals surface area contributed by atoms with Gasteiger partial charge in [0.2, 0.25) is 0 Å². The normalized spacial score (nSPS) is 12.1. The van der Waals surface area contributed by atoms with Crippen LogP contribution in [-0.2, 0) is 0 Å². The Hall–Kier alpha value is -5.58. The predicted octanol–water partition coefficient (Wildman–Crippen LogP) is 12.5. The van der Waals surface area contributed by atoms with Crippen LogP contribution < -0.4 is 4.90 Å². The van der Waals surface area contributed by atoms with E-state index < -0.39 is 0 Å². The van der Waals surface area contributed by atoms with Crippen LogP contribution in [0.1, 0.15) is 0 Å². The van der Waals surface area contributed by atoms with Gasteiger partial charge in [-0.3, -0.25) is 0 Å². The van der Waals surface area contributed by atoms with Crippen LogP contribution in [0.25, 0.3) is 74.8 Å². The third kappa shape index (κ3) is 3.37. The predicted molar refractivity (Wildman–Crippen MR) is 186 cm³/mol. The molecule has 0 radical (unpaired) electrons. The summed E-state index contributed by atoms with van der Waals surface area (Å²) in [4.78, 5) is 2.41. The lowest BCUT2D eigenvalue weighted by Crippen LogP contribution is -2.10. The highest BCUT2D eigenvalue weighted by Gasteiger charge is 2.24. The van der Waals surface area contributed by atoms with Gasteiger partial charge in [0.25, 0.3) is 0 Å². The minimum atomic E-state index is 0.886. The molecule has 44 heavy (non-hydrogen) atoms. The van der Waals surface area contributed by atoms with E-state index in [1.165, 1.54) is 25.6 Å². The van der Waals surface area contributed by atoms with Crippen molar-refractivity contribution in [1.82, 2.24) is 0 Å². The lowest BCUT2D eigenvalue weighted by Gasteiger charge is -2.26. The minimum absolute atomic E-state index is 0.886. The quantitative estimate of drug-likeness (QED) is 0.208. The molecule has 0 aliphatic carbocycles. The number of fused-ring (bicyclic) bond motifs is 11. The lowest BCUT2D eigenvalue weighted by molar-refractivity contribution is 0.669. The third-order valence-corrected chi connectivity index (χ3v) is 10.0. The topological polar surface area (TPSA) is 29.5 Å². The van der Waals surface area contributed by atoms with Crippen LogP contribution >= 0.6 is 11.3 Å². The number of thiophene rings is 1. The third-order valence-electron chi connectivity index (χ3n) is 8.82. The van der Waals surface area contributed by atoms with E-state index in [-0.39, 0.29) is 0 Å². The second kappa shape index (κ2) is 8.96. The Morgan fingerprint density at radius 1 is 0.455 bits per heavy atom. The van der Waals surface area contributed by atoms with Gasteiger partial charge >= 0.3 is 0 Å². The zero-order valence-electron chi connectivity index (χ0n) is 23.5. The van der Waals surface area contributed by atoms with Gasteiger partial charge in [0, 0.05) is 48.4 Å². The number of benzene rings is 7. The zero-order valence-corrected chi connectivity index (χ0v) is 24.3. The first-order valence-corrected chi connectivity index (χ1v) is 15.6. The van der Waals surface area contributed by atoms with Crippen LogP contribution in [0.2, 0.25) is 0 Å². The van der Waals surface area contributed by atoms with E-state index in [0.29, 0.717) is 0 Å². The number of para-hydroxylation sites is 2. The molecule has 0 aliphatic rings. The molecule has 10 rings (SSSR count). The average Bonchev–Trinajstić information content (AvgIpc) is 3.76. The van der Waals surface area contributed by atoms with Gasteiger partial charge in [-0.1, -0.05) is 84.9 Å². The number of hydrogen-bond acceptors (Lipinski definition) is 4. The van der Waals surface area contributed by atoms with Gasteiger partial charge in [-0.2, -0.15) is 0 Å². The molecule has 0 saturated carbocycles. The minimum Gasteiger partial charge on any atom is -0.456 e. The van der Waals surface area contributed by atoms with Crippen molar-refractivity contribution in [2.75, 3.05) is 4.90 Å². The molecule has 3 aromatic heterocycles. The van der Waals surface area contributed by atoms with Crippen molar-refractivity contribution in [3.05, 3.63) is 140 Å². The number of hydrogen-bond donors (Lipinski definition) is 0. The summed E-state index contributed by atoms with van der Waals surface area (Å²) < 4.78 is 15.3. The Kier molecular flexibility index (Phi) is 4.87. The number of furan rings is 2. The monoisotopic (exact) mass is 581 g/mol. The summed E-state index contributed by atoms with van der Waals surface area (Å²) in [5.74, 6) is 0. The Morgan fingerprint density at radius 3 is 1.95 bits per heavy atom. The van der Waals surface area contributed by atoms with Gasteiger partial charge in [-0.25, -0.2) is 0 Å². The number of rotatable bonds is 3. The fourth-order valence-electron chi connectivity index (χ4n) is 6.81. The van der Waals surface area contributed by atoms with Crippen molar-refractivity contribution in [1.29, 1.82) is 0 Å². The van der Waals surface area contributed by atoms with E-state index in [9.17, 15) is 0 Å². The molecule has 4 heteroatoms. The molecular formula is C40H23NO2S. The summed E-state index contributed by atoms with van der Waals surface area (Å²) in [6.07, 6.45) is 0. The van der Waals surface area contributed by atoms with E-state index >= 15 is 0 Å². The first kappa shape index (κ1) is 23.9. The highest BCUT2D eigenvalue weighted by atomic mass is 32.1. The van der Waals surface area contributed by atoms with E-state index in [1.807, 2.05) is 29.5 Å². The van der Waals surface area contributed by atoms with Gasteiger partial charge in [0.1, 0.15) is 22.3 Å². The molecule has 0 bridgehead atoms. The SMILES string of the molecule is c1ccc2cc(N(c3ccc4oc5ccccc5c4c3)c3cc4c5ccccc5oc4c4c3sc3ccccc34)ccc2c1. The summed E-state index contributed by atoms with van der Waals surface area (Å²) in [6, 6.07) is 49.5. The smallest absolute Gasteiger partial charge is 0.144 e. The molecule has 0 saturated heterocycles. The molecule has 0 aliphatic heterocycles. The van der Waals surface area contributed by atoms with Gasteiger partial charge in [0.15, 0.2) is 0 Å². The molecule has 0 atom stereocenters. The highest BCUT2D eigenvalue weighted by Crippen LogP contribution is 2.50. The summed E-state index contributed by atoms with van der Waals surface area (Å²) in [6.45, 7) is 0. The van der Waals surface area contributed by atoms with Crippen molar-refractivity contribution in [3.63, 3.8) is 0 Å². The summed E-state index contributed by atoms with van der Waals surface area (Å²) in [5, 5.41) is 9.26. The maximum atomic E-state index is 6.61. The number of anilines is 3. The van der Waals surface area contributed by atoms with Crippen molar-refractivity contribution in [3.8, 4) is 0 Å². The maximum absolute atomic E-state index is 6.61.